The lowest BCUT2D eigenvalue weighted by Crippen LogP contribution is -2.26. The molecule has 0 spiro atoms. The molecule has 1 fully saturated rings. The minimum atomic E-state index is -0.240. The fourth-order valence-corrected chi connectivity index (χ4v) is 3.09. The van der Waals surface area contributed by atoms with E-state index in [-0.39, 0.29) is 24.1 Å². The summed E-state index contributed by atoms with van der Waals surface area (Å²) in [6.07, 6.45) is 5.39. The van der Waals surface area contributed by atoms with Crippen molar-refractivity contribution >= 4 is 29.2 Å². The lowest BCUT2D eigenvalue weighted by molar-refractivity contribution is -0.121. The van der Waals surface area contributed by atoms with E-state index in [4.69, 9.17) is 0 Å². The van der Waals surface area contributed by atoms with Crippen molar-refractivity contribution in [2.45, 2.75) is 25.7 Å². The summed E-state index contributed by atoms with van der Waals surface area (Å²) in [6.45, 7) is 2.73. The molecule has 0 saturated carbocycles. The molecule has 2 heterocycles. The Morgan fingerprint density at radius 1 is 1.39 bits per heavy atom. The second-order valence-electron chi connectivity index (χ2n) is 6.00. The molecule has 1 aromatic heterocycles. The molecule has 126 valence electrons. The number of hydrogen-bond acceptors (Lipinski definition) is 2. The Morgan fingerprint density at radius 2 is 2.26 bits per heavy atom. The number of fused-ring (bicyclic) bond motifs is 1. The smallest absolute Gasteiger partial charge is 0.220 e. The molecule has 0 bridgehead atoms. The topological polar surface area (TPSA) is 56.9 Å². The second-order valence-corrected chi connectivity index (χ2v) is 6.00. The van der Waals surface area contributed by atoms with Gasteiger partial charge in [-0.25, -0.2) is 4.39 Å². The Bertz CT molecular complexity index is 652. The van der Waals surface area contributed by atoms with Crippen LogP contribution in [-0.4, -0.2) is 30.5 Å². The van der Waals surface area contributed by atoms with Gasteiger partial charge in [-0.1, -0.05) is 0 Å². The van der Waals surface area contributed by atoms with Gasteiger partial charge < -0.3 is 15.6 Å². The summed E-state index contributed by atoms with van der Waals surface area (Å²) in [7, 11) is 0. The Labute approximate surface area is 141 Å². The molecule has 6 heteroatoms. The van der Waals surface area contributed by atoms with E-state index in [0.29, 0.717) is 18.9 Å². The summed E-state index contributed by atoms with van der Waals surface area (Å²) in [5, 5.41) is 7.31. The van der Waals surface area contributed by atoms with Crippen molar-refractivity contribution < 1.29 is 9.18 Å². The van der Waals surface area contributed by atoms with Crippen LogP contribution in [0.2, 0.25) is 0 Å². The van der Waals surface area contributed by atoms with Gasteiger partial charge in [-0.3, -0.25) is 4.79 Å². The van der Waals surface area contributed by atoms with Crippen molar-refractivity contribution in [3.63, 3.8) is 0 Å². The quantitative estimate of drug-likeness (QED) is 0.758. The van der Waals surface area contributed by atoms with Crippen LogP contribution in [0.5, 0.6) is 0 Å². The summed E-state index contributed by atoms with van der Waals surface area (Å²) in [6, 6.07) is 4.74. The zero-order valence-electron chi connectivity index (χ0n) is 13.0. The number of aromatic amines is 1. The van der Waals surface area contributed by atoms with Crippen LogP contribution in [0, 0.1) is 11.7 Å². The molecule has 0 aliphatic carbocycles. The summed E-state index contributed by atoms with van der Waals surface area (Å²) >= 11 is 0. The van der Waals surface area contributed by atoms with E-state index in [1.165, 1.54) is 18.6 Å². The number of carbonyl (C=O) groups is 1. The van der Waals surface area contributed by atoms with E-state index in [1.807, 2.05) is 6.20 Å². The van der Waals surface area contributed by atoms with Gasteiger partial charge in [0.1, 0.15) is 5.82 Å². The van der Waals surface area contributed by atoms with Crippen molar-refractivity contribution in [3.8, 4) is 0 Å². The molecule has 1 saturated heterocycles. The molecular weight excluding hydrogens is 317 g/mol. The molecule has 4 nitrogen and oxygen atoms in total. The van der Waals surface area contributed by atoms with Crippen LogP contribution < -0.4 is 10.6 Å². The first-order chi connectivity index (χ1) is 10.7. The van der Waals surface area contributed by atoms with E-state index in [0.717, 1.165) is 42.4 Å². The molecular formula is C17H23ClFN3O. The average molecular weight is 340 g/mol. The second kappa shape index (κ2) is 8.31. The van der Waals surface area contributed by atoms with Gasteiger partial charge in [0.05, 0.1) is 0 Å². The van der Waals surface area contributed by atoms with Crippen molar-refractivity contribution in [1.82, 2.24) is 15.6 Å². The first-order valence-corrected chi connectivity index (χ1v) is 7.95. The van der Waals surface area contributed by atoms with Crippen molar-refractivity contribution in [1.29, 1.82) is 0 Å². The Morgan fingerprint density at radius 3 is 3.04 bits per heavy atom. The maximum atomic E-state index is 13.1. The Kier molecular flexibility index (Phi) is 6.42. The maximum Gasteiger partial charge on any atom is 0.220 e. The monoisotopic (exact) mass is 339 g/mol. The Hall–Kier alpha value is -1.59. The molecule has 3 N–H and O–H groups in total. The highest BCUT2D eigenvalue weighted by Gasteiger charge is 2.15. The lowest BCUT2D eigenvalue weighted by atomic mass is 10.0. The molecule has 1 aliphatic heterocycles. The molecule has 1 atom stereocenters. The molecule has 0 radical (unpaired) electrons. The fourth-order valence-electron chi connectivity index (χ4n) is 3.09. The van der Waals surface area contributed by atoms with Crippen LogP contribution in [0.3, 0.4) is 0 Å². The number of amides is 1. The third-order valence-corrected chi connectivity index (χ3v) is 4.39. The normalized spacial score (nSPS) is 17.2. The van der Waals surface area contributed by atoms with Crippen molar-refractivity contribution in [3.05, 3.63) is 35.8 Å². The van der Waals surface area contributed by atoms with Crippen LogP contribution in [0.15, 0.2) is 24.4 Å². The third kappa shape index (κ3) is 4.69. The van der Waals surface area contributed by atoms with Gasteiger partial charge in [-0.2, -0.15) is 0 Å². The highest BCUT2D eigenvalue weighted by atomic mass is 35.5. The highest BCUT2D eigenvalue weighted by Crippen LogP contribution is 2.19. The van der Waals surface area contributed by atoms with Gasteiger partial charge in [0, 0.05) is 30.1 Å². The van der Waals surface area contributed by atoms with Crippen LogP contribution in [0.25, 0.3) is 10.9 Å². The molecule has 2 aromatic rings. The summed E-state index contributed by atoms with van der Waals surface area (Å²) in [5.41, 5.74) is 1.91. The van der Waals surface area contributed by atoms with Gasteiger partial charge in [-0.05, 0) is 62.0 Å². The minimum Gasteiger partial charge on any atom is -0.361 e. The van der Waals surface area contributed by atoms with E-state index in [9.17, 15) is 9.18 Å². The largest absolute Gasteiger partial charge is 0.361 e. The van der Waals surface area contributed by atoms with E-state index in [2.05, 4.69) is 15.6 Å². The number of benzene rings is 1. The van der Waals surface area contributed by atoms with Gasteiger partial charge in [0.25, 0.3) is 0 Å². The maximum absolute atomic E-state index is 13.1. The molecule has 3 rings (SSSR count). The van der Waals surface area contributed by atoms with Gasteiger partial charge in [0.15, 0.2) is 0 Å². The minimum absolute atomic E-state index is 0. The molecule has 1 amide bonds. The van der Waals surface area contributed by atoms with Crippen molar-refractivity contribution in [2.24, 2.45) is 5.92 Å². The third-order valence-electron chi connectivity index (χ3n) is 4.39. The number of nitrogens with one attached hydrogen (secondary N) is 3. The number of hydrogen-bond donors (Lipinski definition) is 3. The van der Waals surface area contributed by atoms with Crippen LogP contribution in [0.4, 0.5) is 4.39 Å². The summed E-state index contributed by atoms with van der Waals surface area (Å²) < 4.78 is 13.1. The SMILES string of the molecule is Cl.O=C(CCC1CCNC1)NCCc1c[nH]c2cc(F)ccc12. The predicted molar refractivity (Wildman–Crippen MR) is 92.4 cm³/mol. The number of carbonyl (C=O) groups excluding carboxylic acids is 1. The van der Waals surface area contributed by atoms with E-state index < -0.39 is 0 Å². The Balaban J connectivity index is 0.00000192. The van der Waals surface area contributed by atoms with E-state index in [1.54, 1.807) is 6.07 Å². The molecule has 1 unspecified atom stereocenters. The van der Waals surface area contributed by atoms with Crippen LogP contribution >= 0.6 is 12.4 Å². The first kappa shape index (κ1) is 17.8. The van der Waals surface area contributed by atoms with Gasteiger partial charge >= 0.3 is 0 Å². The molecule has 1 aromatic carbocycles. The average Bonchev–Trinajstić information content (AvgIpc) is 3.15. The highest BCUT2D eigenvalue weighted by molar-refractivity contribution is 5.85. The van der Waals surface area contributed by atoms with Crippen LogP contribution in [0.1, 0.15) is 24.8 Å². The number of H-pyrrole nitrogens is 1. The van der Waals surface area contributed by atoms with Crippen LogP contribution in [-0.2, 0) is 11.2 Å². The standard InChI is InChI=1S/C17H22FN3O.ClH/c18-14-2-3-15-13(11-21-16(15)9-14)6-8-20-17(22)4-1-12-5-7-19-10-12;/h2-3,9,11-12,19,21H,1,4-8,10H2,(H,20,22);1H. The van der Waals surface area contributed by atoms with E-state index >= 15 is 0 Å². The zero-order valence-corrected chi connectivity index (χ0v) is 13.8. The lowest BCUT2D eigenvalue weighted by Gasteiger charge is -2.08. The van der Waals surface area contributed by atoms with Crippen molar-refractivity contribution in [2.75, 3.05) is 19.6 Å². The zero-order chi connectivity index (χ0) is 15.4. The summed E-state index contributed by atoms with van der Waals surface area (Å²) in [5.74, 6) is 0.530. The molecule has 23 heavy (non-hydrogen) atoms. The van der Waals surface area contributed by atoms with Gasteiger partial charge in [0.2, 0.25) is 5.91 Å². The fraction of sp³-hybridized carbons (Fsp3) is 0.471. The van der Waals surface area contributed by atoms with Gasteiger partial charge in [-0.15, -0.1) is 12.4 Å². The molecule has 1 aliphatic rings. The number of halogens is 2. The number of aromatic nitrogens is 1. The summed E-state index contributed by atoms with van der Waals surface area (Å²) in [4.78, 5) is 14.9. The predicted octanol–water partition coefficient (Wildman–Crippen LogP) is 2.78. The number of rotatable bonds is 6. The first-order valence-electron chi connectivity index (χ1n) is 7.95.